The fourth-order valence-corrected chi connectivity index (χ4v) is 8.30. The first-order valence-corrected chi connectivity index (χ1v) is 24.5. The Morgan fingerprint density at radius 1 is 0.691 bits per heavy atom. The van der Waals surface area contributed by atoms with Crippen LogP contribution in [0.4, 0.5) is 70.6 Å². The number of nitrogens with zero attached hydrogens (tertiary/aromatic N) is 8. The maximum absolute atomic E-state index is 13.3. The number of amides is 4. The largest absolute Gasteiger partial charge is 0.389 e. The summed E-state index contributed by atoms with van der Waals surface area (Å²) in [5.74, 6) is 5.27. The Labute approximate surface area is 403 Å². The number of ketones is 2. The number of carbonyl (C=O) groups is 4. The van der Waals surface area contributed by atoms with E-state index in [-0.39, 0.29) is 67.9 Å². The summed E-state index contributed by atoms with van der Waals surface area (Å²) in [5.41, 5.74) is 5.69. The van der Waals surface area contributed by atoms with Gasteiger partial charge in [0.05, 0.1) is 36.3 Å². The molecule has 8 rings (SSSR count). The summed E-state index contributed by atoms with van der Waals surface area (Å²) in [7, 11) is -1.58. The molecular formula is C45H48F6N10O4S2Si. The number of hydrogen-bond donors (Lipinski definition) is 2. The van der Waals surface area contributed by atoms with Crippen LogP contribution in [0.1, 0.15) is 70.6 Å². The zero-order valence-electron chi connectivity index (χ0n) is 37.1. The molecule has 4 aromatic heterocycles. The van der Waals surface area contributed by atoms with Gasteiger partial charge in [0, 0.05) is 62.5 Å². The quantitative estimate of drug-likeness (QED) is 0.0758. The molecule has 4 aliphatic rings. The van der Waals surface area contributed by atoms with Crippen LogP contribution < -0.4 is 30.2 Å². The lowest BCUT2D eigenvalue weighted by Gasteiger charge is -2.35. The Hall–Kier alpha value is -6.30. The first-order valence-electron chi connectivity index (χ1n) is 21.0. The smallest absolute Gasteiger partial charge is 0.366 e. The Balaban J connectivity index is 0.000000248. The van der Waals surface area contributed by atoms with Gasteiger partial charge in [-0.05, 0) is 61.4 Å². The summed E-state index contributed by atoms with van der Waals surface area (Å²) in [6, 6.07) is 11.4. The van der Waals surface area contributed by atoms with Crippen LogP contribution in [0.3, 0.4) is 0 Å². The van der Waals surface area contributed by atoms with Gasteiger partial charge in [0.1, 0.15) is 31.1 Å². The third kappa shape index (κ3) is 13.0. The van der Waals surface area contributed by atoms with Gasteiger partial charge in [0.15, 0.2) is 23.2 Å². The highest BCUT2D eigenvalue weighted by Gasteiger charge is 2.42. The van der Waals surface area contributed by atoms with Gasteiger partial charge in [-0.3, -0.25) is 30.0 Å². The lowest BCUT2D eigenvalue weighted by Crippen LogP contribution is -2.48. The van der Waals surface area contributed by atoms with Crippen molar-refractivity contribution in [3.63, 3.8) is 0 Å². The van der Waals surface area contributed by atoms with Gasteiger partial charge >= 0.3 is 24.4 Å². The molecule has 2 fully saturated rings. The summed E-state index contributed by atoms with van der Waals surface area (Å²) >= 11 is 0. The van der Waals surface area contributed by atoms with Gasteiger partial charge in [-0.15, -0.1) is 12.0 Å². The number of pyridine rings is 4. The van der Waals surface area contributed by atoms with Gasteiger partial charge in [0.2, 0.25) is 0 Å². The zero-order chi connectivity index (χ0) is 47.6. The minimum atomic E-state index is -4.43. The number of urea groups is 2. The normalized spacial score (nSPS) is 16.5. The van der Waals surface area contributed by atoms with Crippen molar-refractivity contribution in [3.05, 3.63) is 83.4 Å². The minimum Gasteiger partial charge on any atom is -0.366 e. The molecule has 0 aromatic carbocycles. The molecule has 0 aliphatic carbocycles. The highest BCUT2D eigenvalue weighted by molar-refractivity contribution is 7.59. The molecule has 4 amide bonds. The number of nitrogens with one attached hydrogen (secondary N) is 2. The number of anilines is 6. The molecule has 23 heteroatoms. The van der Waals surface area contributed by atoms with Crippen molar-refractivity contribution in [3.8, 4) is 23.8 Å². The molecule has 4 aliphatic heterocycles. The summed E-state index contributed by atoms with van der Waals surface area (Å²) in [5, 5.41) is 5.49. The van der Waals surface area contributed by atoms with Crippen molar-refractivity contribution in [1.82, 2.24) is 19.9 Å². The standard InChI is InChI=1S/C24H26F3N5O2Si.C21H18F3N5O2.2H2S/c1-35(2,3)13-9-16-7-11-28-21(14-16)30-23(34)32-17-8-12-31(15-17)19-5-4-18(29-22(19)32)20(33)6-10-24(25,26)27;1-2-13-6-9-25-18(11-13)27-20(31)29-14-7-10-28(12-14)16-4-3-15(26-19(16)29)17(30)5-8-21(22,23)24;;/h4-5,7,11,14,17H,6,8,10,12,15H2,1-3H3,(H,28,30,34);1,3-4,6,9,11,14H,5,7-8,10,12H2,(H,25,27,31);2*1H2/t17-;14-;;/m00../s1. The van der Waals surface area contributed by atoms with E-state index in [1.807, 2.05) is 4.90 Å². The van der Waals surface area contributed by atoms with Crippen LogP contribution >= 0.6 is 27.0 Å². The first-order chi connectivity index (χ1) is 31.1. The second-order valence-corrected chi connectivity index (χ2v) is 21.8. The molecule has 0 saturated carbocycles. The van der Waals surface area contributed by atoms with Gasteiger partial charge in [0.25, 0.3) is 0 Å². The average Bonchev–Trinajstić information content (AvgIpc) is 3.88. The van der Waals surface area contributed by atoms with Crippen LogP contribution in [-0.4, -0.2) is 102 Å². The van der Waals surface area contributed by atoms with Crippen LogP contribution in [0, 0.1) is 23.8 Å². The SMILES string of the molecule is C#Cc1ccnc(NC(=O)N2c3nc(C(=O)CCC(F)(F)F)ccc3N3CC[C@H]2C3)c1.C[Si](C)(C)C#Cc1ccnc(NC(=O)N2c3nc(C(=O)CCC(F)(F)F)ccc3N3CC[C@H]2C3)c1.S.S. The molecule has 8 heterocycles. The van der Waals surface area contributed by atoms with E-state index in [9.17, 15) is 45.5 Å². The third-order valence-corrected chi connectivity index (χ3v) is 11.8. The highest BCUT2D eigenvalue weighted by atomic mass is 32.1. The van der Waals surface area contributed by atoms with Crippen molar-refractivity contribution in [2.75, 3.05) is 56.4 Å². The van der Waals surface area contributed by atoms with E-state index in [1.54, 1.807) is 42.6 Å². The molecule has 2 saturated heterocycles. The van der Waals surface area contributed by atoms with E-state index in [2.05, 4.69) is 72.5 Å². The lowest BCUT2D eigenvalue weighted by molar-refractivity contribution is -0.134. The van der Waals surface area contributed by atoms with E-state index >= 15 is 0 Å². The molecule has 0 unspecified atom stereocenters. The predicted octanol–water partition coefficient (Wildman–Crippen LogP) is 8.70. The summed E-state index contributed by atoms with van der Waals surface area (Å²) in [6.07, 6.45) is -2.86. The van der Waals surface area contributed by atoms with E-state index in [0.29, 0.717) is 61.8 Å². The van der Waals surface area contributed by atoms with Crippen LogP contribution in [0.5, 0.6) is 0 Å². The Morgan fingerprint density at radius 3 is 1.53 bits per heavy atom. The Kier molecular flexibility index (Phi) is 16.5. The molecule has 68 heavy (non-hydrogen) atoms. The van der Waals surface area contributed by atoms with Crippen molar-refractivity contribution in [1.29, 1.82) is 0 Å². The van der Waals surface area contributed by atoms with Crippen LogP contribution in [0.2, 0.25) is 19.6 Å². The lowest BCUT2D eigenvalue weighted by atomic mass is 10.1. The molecular weight excluding hydrogens is 951 g/mol. The Bertz CT molecular complexity index is 2670. The number of alkyl halides is 6. The number of rotatable bonds is 8. The third-order valence-electron chi connectivity index (χ3n) is 10.9. The average molecular weight is 999 g/mol. The molecule has 4 aromatic rings. The molecule has 14 nitrogen and oxygen atoms in total. The number of fused-ring (bicyclic) bond motifs is 8. The van der Waals surface area contributed by atoms with Crippen LogP contribution in [-0.2, 0) is 0 Å². The fourth-order valence-electron chi connectivity index (χ4n) is 7.78. The number of aromatic nitrogens is 4. The number of carbonyl (C=O) groups excluding carboxylic acids is 4. The van der Waals surface area contributed by atoms with E-state index < -0.39 is 69.7 Å². The Morgan fingerprint density at radius 2 is 1.12 bits per heavy atom. The molecule has 0 spiro atoms. The second-order valence-electron chi connectivity index (χ2n) is 17.0. The zero-order valence-corrected chi connectivity index (χ0v) is 40.1. The topological polar surface area (TPSA) is 157 Å². The number of hydrogen-bond acceptors (Lipinski definition) is 10. The summed E-state index contributed by atoms with van der Waals surface area (Å²) in [4.78, 5) is 75.0. The maximum atomic E-state index is 13.3. The van der Waals surface area contributed by atoms with E-state index in [4.69, 9.17) is 6.42 Å². The first kappa shape index (κ1) is 52.7. The molecule has 2 N–H and O–H groups in total. The fraction of sp³-hybridized carbons (Fsp3) is 0.378. The van der Waals surface area contributed by atoms with Crippen molar-refractivity contribution in [2.24, 2.45) is 0 Å². The van der Waals surface area contributed by atoms with Crippen molar-refractivity contribution >= 4 is 93.3 Å². The molecule has 4 bridgehead atoms. The monoisotopic (exact) mass is 998 g/mol. The van der Waals surface area contributed by atoms with Crippen LogP contribution in [0.25, 0.3) is 0 Å². The van der Waals surface area contributed by atoms with Crippen LogP contribution in [0.15, 0.2) is 60.9 Å². The van der Waals surface area contributed by atoms with Gasteiger partial charge in [-0.25, -0.2) is 29.5 Å². The predicted molar refractivity (Wildman–Crippen MR) is 259 cm³/mol. The molecule has 0 radical (unpaired) electrons. The molecule has 360 valence electrons. The maximum Gasteiger partial charge on any atom is 0.389 e. The van der Waals surface area contributed by atoms with E-state index in [1.165, 1.54) is 28.1 Å². The molecule has 2 atom stereocenters. The number of Topliss-reactive ketones (excluding diaryl/α,β-unsaturated/α-hetero) is 2. The van der Waals surface area contributed by atoms with Gasteiger partial charge in [-0.1, -0.05) is 31.5 Å². The number of terminal acetylenes is 1. The summed E-state index contributed by atoms with van der Waals surface area (Å²) in [6.45, 7) is 9.03. The number of halogens is 6. The van der Waals surface area contributed by atoms with E-state index in [0.717, 1.165) is 5.56 Å². The second kappa shape index (κ2) is 21.3. The minimum absolute atomic E-state index is 0. The highest BCUT2D eigenvalue weighted by Crippen LogP contribution is 2.41. The van der Waals surface area contributed by atoms with Gasteiger partial charge < -0.3 is 9.80 Å². The summed E-state index contributed by atoms with van der Waals surface area (Å²) < 4.78 is 75.2. The van der Waals surface area contributed by atoms with Crippen molar-refractivity contribution in [2.45, 2.75) is 82.6 Å². The van der Waals surface area contributed by atoms with Gasteiger partial charge in [-0.2, -0.15) is 53.3 Å². The van der Waals surface area contributed by atoms with Crippen molar-refractivity contribution < 1.29 is 45.5 Å².